The summed E-state index contributed by atoms with van der Waals surface area (Å²) in [5.74, 6) is 8.57. The van der Waals surface area contributed by atoms with Crippen LogP contribution in [0.5, 0.6) is 0 Å². The predicted octanol–water partition coefficient (Wildman–Crippen LogP) is 9.36. The quantitative estimate of drug-likeness (QED) is 0.106. The number of carbonyl (C=O) groups is 2. The second-order valence-electron chi connectivity index (χ2n) is 16.2. The molecule has 62 heavy (non-hydrogen) atoms. The van der Waals surface area contributed by atoms with Crippen LogP contribution >= 0.6 is 0 Å². The fraction of sp³-hybridized carbons (Fsp3) is 0.346. The first kappa shape index (κ1) is 42.4. The average molecular weight is 827 g/mol. The molecule has 318 valence electrons. The lowest BCUT2D eigenvalue weighted by molar-refractivity contribution is -0.139. The summed E-state index contributed by atoms with van der Waals surface area (Å²) in [4.78, 5) is 53.7. The van der Waals surface area contributed by atoms with Gasteiger partial charge in [0, 0.05) is 24.2 Å². The van der Waals surface area contributed by atoms with Crippen LogP contribution in [-0.2, 0) is 9.59 Å². The molecule has 10 nitrogen and oxygen atoms in total. The molecule has 4 aromatic carbocycles. The van der Waals surface area contributed by atoms with Crippen molar-refractivity contribution in [2.24, 2.45) is 0 Å². The standard InChI is InChI=1S/C52H58N8O2/c1-5-57(6-2)47(41-17-11-9-12-18-41)51(61)59-33-15-21-45(59)49-53-35-43(55-49)39-29-25-37(26-30-39)23-24-38-27-31-40(32-28-38)44-36-54-50(56-44)46-22-16-34-60(46)52(62)48(58(7-3)8-4)42-19-13-10-14-20-42/h9-14,17-20,25-32,35-36,45-48H,5-8,15-16,21-22,33-34H2,1-4H3,(H,53,55)(H,54,56). The maximum absolute atomic E-state index is 14.2. The molecule has 4 heterocycles. The highest BCUT2D eigenvalue weighted by Crippen LogP contribution is 2.37. The molecule has 4 atom stereocenters. The molecule has 2 fully saturated rings. The third-order valence-electron chi connectivity index (χ3n) is 12.7. The van der Waals surface area contributed by atoms with Gasteiger partial charge in [0.2, 0.25) is 11.8 Å². The van der Waals surface area contributed by atoms with Crippen molar-refractivity contribution in [3.8, 4) is 34.4 Å². The summed E-state index contributed by atoms with van der Waals surface area (Å²) in [6, 6.07) is 35.8. The number of aromatic nitrogens is 4. The van der Waals surface area contributed by atoms with Crippen molar-refractivity contribution in [2.45, 2.75) is 77.5 Å². The Morgan fingerprint density at radius 2 is 0.952 bits per heavy atom. The Labute approximate surface area is 366 Å². The van der Waals surface area contributed by atoms with Crippen LogP contribution in [0, 0.1) is 11.8 Å². The number of benzene rings is 4. The Hall–Kier alpha value is -6.28. The van der Waals surface area contributed by atoms with Gasteiger partial charge in [0.25, 0.3) is 0 Å². The smallest absolute Gasteiger partial charge is 0.245 e. The highest BCUT2D eigenvalue weighted by atomic mass is 16.2. The molecule has 2 aliphatic rings. The highest BCUT2D eigenvalue weighted by molar-refractivity contribution is 5.85. The van der Waals surface area contributed by atoms with E-state index < -0.39 is 0 Å². The van der Waals surface area contributed by atoms with Gasteiger partial charge in [0.15, 0.2) is 0 Å². The molecule has 4 unspecified atom stereocenters. The van der Waals surface area contributed by atoms with Crippen LogP contribution in [0.25, 0.3) is 22.5 Å². The van der Waals surface area contributed by atoms with Gasteiger partial charge in [0.05, 0.1) is 35.9 Å². The minimum Gasteiger partial charge on any atom is -0.340 e. The van der Waals surface area contributed by atoms with E-state index in [0.717, 1.165) is 121 Å². The van der Waals surface area contributed by atoms with E-state index in [-0.39, 0.29) is 36.0 Å². The molecule has 0 bridgehead atoms. The van der Waals surface area contributed by atoms with E-state index in [2.05, 4.69) is 108 Å². The van der Waals surface area contributed by atoms with Crippen molar-refractivity contribution in [1.82, 2.24) is 39.5 Å². The summed E-state index contributed by atoms with van der Waals surface area (Å²) < 4.78 is 0. The Morgan fingerprint density at radius 1 is 0.581 bits per heavy atom. The van der Waals surface area contributed by atoms with E-state index in [1.54, 1.807) is 0 Å². The lowest BCUT2D eigenvalue weighted by Gasteiger charge is -2.34. The minimum atomic E-state index is -0.318. The highest BCUT2D eigenvalue weighted by Gasteiger charge is 2.39. The van der Waals surface area contributed by atoms with Gasteiger partial charge in [0.1, 0.15) is 23.7 Å². The molecule has 2 aliphatic heterocycles. The van der Waals surface area contributed by atoms with Crippen molar-refractivity contribution >= 4 is 11.8 Å². The number of nitrogens with one attached hydrogen (secondary N) is 2. The maximum atomic E-state index is 14.2. The fourth-order valence-corrected chi connectivity index (χ4v) is 9.33. The van der Waals surface area contributed by atoms with Gasteiger partial charge < -0.3 is 19.8 Å². The first-order valence-electron chi connectivity index (χ1n) is 22.4. The van der Waals surface area contributed by atoms with Gasteiger partial charge >= 0.3 is 0 Å². The van der Waals surface area contributed by atoms with Crippen molar-refractivity contribution in [2.75, 3.05) is 39.3 Å². The van der Waals surface area contributed by atoms with E-state index in [9.17, 15) is 9.59 Å². The first-order chi connectivity index (χ1) is 30.4. The third kappa shape index (κ3) is 9.01. The molecule has 2 aromatic heterocycles. The SMILES string of the molecule is CCN(CC)C(C(=O)N1CCCC1c1ncc(-c2ccc(C#Cc3ccc(-c4cnc(C5CCCN5C(=O)C(c5ccccc5)N(CC)CC)[nH]4)cc3)cc2)[nH]1)c1ccccc1. The number of nitrogens with zero attached hydrogens (tertiary/aromatic N) is 6. The molecule has 0 radical (unpaired) electrons. The summed E-state index contributed by atoms with van der Waals surface area (Å²) >= 11 is 0. The molecule has 8 rings (SSSR count). The Morgan fingerprint density at radius 3 is 1.31 bits per heavy atom. The topological polar surface area (TPSA) is 104 Å². The number of amides is 2. The monoisotopic (exact) mass is 826 g/mol. The van der Waals surface area contributed by atoms with E-state index in [1.807, 2.05) is 82.9 Å². The van der Waals surface area contributed by atoms with Gasteiger partial charge in [-0.05, 0) is 98.4 Å². The van der Waals surface area contributed by atoms with Crippen molar-refractivity contribution in [3.63, 3.8) is 0 Å². The average Bonchev–Trinajstić information content (AvgIpc) is 4.17. The molecule has 10 heteroatoms. The van der Waals surface area contributed by atoms with E-state index >= 15 is 0 Å². The number of hydrogen-bond donors (Lipinski definition) is 2. The number of aromatic amines is 2. The molecule has 2 saturated heterocycles. The number of likely N-dealkylation sites (tertiary alicyclic amines) is 2. The van der Waals surface area contributed by atoms with Crippen molar-refractivity contribution < 1.29 is 9.59 Å². The Balaban J connectivity index is 0.908. The number of imidazole rings is 2. The molecular formula is C52H58N8O2. The Bertz CT molecular complexity index is 2290. The van der Waals surface area contributed by atoms with Crippen LogP contribution in [0.15, 0.2) is 122 Å². The van der Waals surface area contributed by atoms with Crippen LogP contribution in [0.3, 0.4) is 0 Å². The number of rotatable bonds is 14. The van der Waals surface area contributed by atoms with Crippen LogP contribution in [0.1, 0.15) is 111 Å². The second kappa shape index (κ2) is 19.6. The minimum absolute atomic E-state index is 0.0888. The molecule has 2 N–H and O–H groups in total. The van der Waals surface area contributed by atoms with Gasteiger partial charge in [-0.15, -0.1) is 0 Å². The third-order valence-corrected chi connectivity index (χ3v) is 12.7. The lowest BCUT2D eigenvalue weighted by Crippen LogP contribution is -2.43. The summed E-state index contributed by atoms with van der Waals surface area (Å²) in [7, 11) is 0. The predicted molar refractivity (Wildman–Crippen MR) is 246 cm³/mol. The molecule has 0 saturated carbocycles. The van der Waals surface area contributed by atoms with Gasteiger partial charge in [-0.25, -0.2) is 9.97 Å². The van der Waals surface area contributed by atoms with Crippen LogP contribution in [0.4, 0.5) is 0 Å². The molecular weight excluding hydrogens is 769 g/mol. The molecule has 0 spiro atoms. The first-order valence-corrected chi connectivity index (χ1v) is 22.4. The van der Waals surface area contributed by atoms with Crippen molar-refractivity contribution in [1.29, 1.82) is 0 Å². The summed E-state index contributed by atoms with van der Waals surface area (Å²) in [6.45, 7) is 13.1. The zero-order valence-electron chi connectivity index (χ0n) is 36.4. The summed E-state index contributed by atoms with van der Waals surface area (Å²) in [5, 5.41) is 0. The summed E-state index contributed by atoms with van der Waals surface area (Å²) in [5.41, 5.74) is 7.76. The fourth-order valence-electron chi connectivity index (χ4n) is 9.33. The maximum Gasteiger partial charge on any atom is 0.245 e. The molecule has 2 amide bonds. The summed E-state index contributed by atoms with van der Waals surface area (Å²) in [6.07, 6.45) is 7.40. The molecule has 6 aromatic rings. The van der Waals surface area contributed by atoms with E-state index in [0.29, 0.717) is 0 Å². The molecule has 0 aliphatic carbocycles. The zero-order valence-corrected chi connectivity index (χ0v) is 36.4. The second-order valence-corrected chi connectivity index (χ2v) is 16.2. The van der Waals surface area contributed by atoms with Crippen LogP contribution in [0.2, 0.25) is 0 Å². The zero-order chi connectivity index (χ0) is 43.0. The van der Waals surface area contributed by atoms with Crippen LogP contribution < -0.4 is 0 Å². The number of H-pyrrole nitrogens is 2. The Kier molecular flexibility index (Phi) is 13.4. The van der Waals surface area contributed by atoms with Crippen LogP contribution in [-0.4, -0.2) is 90.6 Å². The van der Waals surface area contributed by atoms with E-state index in [1.165, 1.54) is 0 Å². The number of likely N-dealkylation sites (N-methyl/N-ethyl adjacent to an activating group) is 2. The number of hydrogen-bond acceptors (Lipinski definition) is 6. The normalized spacial score (nSPS) is 17.3. The largest absolute Gasteiger partial charge is 0.340 e. The van der Waals surface area contributed by atoms with Crippen molar-refractivity contribution in [3.05, 3.63) is 155 Å². The van der Waals surface area contributed by atoms with E-state index in [4.69, 9.17) is 9.97 Å². The van der Waals surface area contributed by atoms with Gasteiger partial charge in [-0.3, -0.25) is 19.4 Å². The van der Waals surface area contributed by atoms with Gasteiger partial charge in [-0.1, -0.05) is 124 Å². The van der Waals surface area contributed by atoms with Gasteiger partial charge in [-0.2, -0.15) is 0 Å². The lowest BCUT2D eigenvalue weighted by atomic mass is 10.0. The number of carbonyl (C=O) groups excluding carboxylic acids is 2.